The van der Waals surface area contributed by atoms with Crippen molar-refractivity contribution in [1.82, 2.24) is 20.1 Å². The van der Waals surface area contributed by atoms with Crippen LogP contribution in [0.15, 0.2) is 36.7 Å². The second kappa shape index (κ2) is 7.95. The van der Waals surface area contributed by atoms with Gasteiger partial charge in [-0.05, 0) is 37.3 Å². The van der Waals surface area contributed by atoms with Gasteiger partial charge in [-0.15, -0.1) is 0 Å². The number of rotatable bonds is 3. The highest BCUT2D eigenvalue weighted by atomic mass is 16.2. The number of pyridine rings is 1. The monoisotopic (exact) mass is 328 g/mol. The number of nitrogens with one attached hydrogen (secondary N) is 1. The van der Waals surface area contributed by atoms with E-state index in [1.807, 2.05) is 0 Å². The number of aromatic nitrogens is 1. The average Bonchev–Trinajstić information content (AvgIpc) is 2.67. The van der Waals surface area contributed by atoms with E-state index in [0.717, 1.165) is 25.8 Å². The number of hydrogen-bond donors (Lipinski definition) is 1. The molecule has 1 aliphatic heterocycles. The molecule has 3 rings (SSSR count). The lowest BCUT2D eigenvalue weighted by Crippen LogP contribution is -2.53. The molecule has 128 valence electrons. The van der Waals surface area contributed by atoms with Gasteiger partial charge in [-0.25, -0.2) is 4.79 Å². The van der Waals surface area contributed by atoms with Crippen LogP contribution in [0.1, 0.15) is 29.6 Å². The Morgan fingerprint density at radius 3 is 2.62 bits per heavy atom. The van der Waals surface area contributed by atoms with Crippen LogP contribution in [0, 0.1) is 5.92 Å². The average molecular weight is 328 g/mol. The number of piperazine rings is 1. The van der Waals surface area contributed by atoms with Crippen LogP contribution < -0.4 is 5.32 Å². The van der Waals surface area contributed by atoms with Crippen molar-refractivity contribution in [2.75, 3.05) is 32.7 Å². The molecule has 1 fully saturated rings. The molecule has 24 heavy (non-hydrogen) atoms. The van der Waals surface area contributed by atoms with Crippen LogP contribution in [0.4, 0.5) is 4.79 Å². The molecular formula is C18H24N4O2. The molecule has 0 aromatic carbocycles. The van der Waals surface area contributed by atoms with Crippen LogP contribution >= 0.6 is 0 Å². The van der Waals surface area contributed by atoms with Gasteiger partial charge in [0.15, 0.2) is 0 Å². The Balaban J connectivity index is 1.43. The molecule has 0 spiro atoms. The summed E-state index contributed by atoms with van der Waals surface area (Å²) in [6.45, 7) is 3.00. The Morgan fingerprint density at radius 2 is 1.96 bits per heavy atom. The summed E-state index contributed by atoms with van der Waals surface area (Å²) in [6.07, 6.45) is 10.9. The molecule has 6 nitrogen and oxygen atoms in total. The van der Waals surface area contributed by atoms with Gasteiger partial charge in [-0.1, -0.05) is 12.2 Å². The molecule has 1 aliphatic carbocycles. The highest BCUT2D eigenvalue weighted by Gasteiger charge is 2.25. The second-order valence-electron chi connectivity index (χ2n) is 6.36. The zero-order valence-corrected chi connectivity index (χ0v) is 13.9. The Kier molecular flexibility index (Phi) is 5.46. The largest absolute Gasteiger partial charge is 0.338 e. The summed E-state index contributed by atoms with van der Waals surface area (Å²) in [6, 6.07) is 3.52. The van der Waals surface area contributed by atoms with Gasteiger partial charge >= 0.3 is 6.03 Å². The summed E-state index contributed by atoms with van der Waals surface area (Å²) in [5.74, 6) is 0.532. The van der Waals surface area contributed by atoms with E-state index in [2.05, 4.69) is 22.5 Å². The molecule has 1 aromatic heterocycles. The fourth-order valence-corrected chi connectivity index (χ4v) is 3.17. The number of urea groups is 1. The lowest BCUT2D eigenvalue weighted by atomic mass is 9.94. The van der Waals surface area contributed by atoms with Gasteiger partial charge in [0.1, 0.15) is 0 Å². The predicted molar refractivity (Wildman–Crippen MR) is 91.6 cm³/mol. The Labute approximate surface area is 142 Å². The summed E-state index contributed by atoms with van der Waals surface area (Å²) in [5, 5.41) is 3.04. The first kappa shape index (κ1) is 16.5. The third-order valence-electron chi connectivity index (χ3n) is 4.68. The van der Waals surface area contributed by atoms with E-state index < -0.39 is 0 Å². The normalized spacial score (nSPS) is 20.8. The van der Waals surface area contributed by atoms with E-state index in [-0.39, 0.29) is 11.9 Å². The number of carbonyl (C=O) groups excluding carboxylic acids is 2. The van der Waals surface area contributed by atoms with Gasteiger partial charge in [0.25, 0.3) is 5.91 Å². The van der Waals surface area contributed by atoms with Crippen molar-refractivity contribution < 1.29 is 9.59 Å². The topological polar surface area (TPSA) is 65.5 Å². The molecule has 2 aliphatic rings. The molecule has 0 saturated carbocycles. The number of hydrogen-bond acceptors (Lipinski definition) is 3. The van der Waals surface area contributed by atoms with Crippen molar-refractivity contribution >= 4 is 11.9 Å². The zero-order valence-electron chi connectivity index (χ0n) is 13.9. The molecular weight excluding hydrogens is 304 g/mol. The molecule has 1 aromatic rings. The Morgan fingerprint density at radius 1 is 1.17 bits per heavy atom. The minimum absolute atomic E-state index is 0.0157. The zero-order chi connectivity index (χ0) is 16.8. The van der Waals surface area contributed by atoms with Crippen LogP contribution in [-0.2, 0) is 0 Å². The van der Waals surface area contributed by atoms with Crippen LogP contribution in [0.25, 0.3) is 0 Å². The van der Waals surface area contributed by atoms with Crippen LogP contribution in [0.5, 0.6) is 0 Å². The third kappa shape index (κ3) is 4.13. The lowest BCUT2D eigenvalue weighted by molar-refractivity contribution is 0.0664. The number of allylic oxidation sites excluding steroid dienone is 2. The maximum absolute atomic E-state index is 12.4. The van der Waals surface area contributed by atoms with Crippen LogP contribution in [-0.4, -0.2) is 59.4 Å². The van der Waals surface area contributed by atoms with Gasteiger partial charge in [-0.3, -0.25) is 9.78 Å². The Bertz CT molecular complexity index is 594. The summed E-state index contributed by atoms with van der Waals surface area (Å²) in [7, 11) is 0. The SMILES string of the molecule is O=C(NCC1CC=CCC1)N1CCN(C(=O)c2cccnc2)CC1. The third-order valence-corrected chi connectivity index (χ3v) is 4.68. The standard InChI is InChI=1S/C18H24N4O2/c23-17(16-7-4-8-19-14-16)21-9-11-22(12-10-21)18(24)20-13-15-5-2-1-3-6-15/h1-2,4,7-8,14-15H,3,5-6,9-13H2,(H,20,24). The molecule has 1 unspecified atom stereocenters. The minimum atomic E-state index is -0.0165. The fourth-order valence-electron chi connectivity index (χ4n) is 3.17. The van der Waals surface area contributed by atoms with Crippen molar-refractivity contribution in [3.8, 4) is 0 Å². The van der Waals surface area contributed by atoms with Gasteiger partial charge in [-0.2, -0.15) is 0 Å². The summed E-state index contributed by atoms with van der Waals surface area (Å²) in [5.41, 5.74) is 0.598. The smallest absolute Gasteiger partial charge is 0.317 e. The van der Waals surface area contributed by atoms with E-state index in [1.54, 1.807) is 34.3 Å². The Hall–Kier alpha value is -2.37. The first-order chi connectivity index (χ1) is 11.7. The van der Waals surface area contributed by atoms with E-state index in [4.69, 9.17) is 0 Å². The summed E-state index contributed by atoms with van der Waals surface area (Å²) in [4.78, 5) is 32.2. The number of amides is 3. The van der Waals surface area contributed by atoms with Crippen LogP contribution in [0.3, 0.4) is 0 Å². The van der Waals surface area contributed by atoms with Crippen molar-refractivity contribution in [3.05, 3.63) is 42.2 Å². The summed E-state index contributed by atoms with van der Waals surface area (Å²) >= 11 is 0. The van der Waals surface area contributed by atoms with Gasteiger partial charge in [0.2, 0.25) is 0 Å². The van der Waals surface area contributed by atoms with E-state index >= 15 is 0 Å². The van der Waals surface area contributed by atoms with E-state index in [1.165, 1.54) is 0 Å². The molecule has 0 bridgehead atoms. The first-order valence-electron chi connectivity index (χ1n) is 8.61. The highest BCUT2D eigenvalue weighted by Crippen LogP contribution is 2.17. The minimum Gasteiger partial charge on any atom is -0.338 e. The van der Waals surface area contributed by atoms with Crippen molar-refractivity contribution in [1.29, 1.82) is 0 Å². The van der Waals surface area contributed by atoms with E-state index in [9.17, 15) is 9.59 Å². The van der Waals surface area contributed by atoms with E-state index in [0.29, 0.717) is 37.7 Å². The lowest BCUT2D eigenvalue weighted by Gasteiger charge is -2.35. The fraction of sp³-hybridized carbons (Fsp3) is 0.500. The maximum Gasteiger partial charge on any atom is 0.317 e. The maximum atomic E-state index is 12.4. The molecule has 2 heterocycles. The predicted octanol–water partition coefficient (Wildman–Crippen LogP) is 1.91. The number of carbonyl (C=O) groups is 2. The van der Waals surface area contributed by atoms with Crippen molar-refractivity contribution in [3.63, 3.8) is 0 Å². The van der Waals surface area contributed by atoms with Gasteiger partial charge < -0.3 is 15.1 Å². The van der Waals surface area contributed by atoms with Crippen molar-refractivity contribution in [2.24, 2.45) is 5.92 Å². The number of nitrogens with zero attached hydrogens (tertiary/aromatic N) is 3. The molecule has 1 N–H and O–H groups in total. The molecule has 6 heteroatoms. The van der Waals surface area contributed by atoms with Gasteiger partial charge in [0, 0.05) is 45.1 Å². The second-order valence-corrected chi connectivity index (χ2v) is 6.36. The van der Waals surface area contributed by atoms with Crippen LogP contribution in [0.2, 0.25) is 0 Å². The summed E-state index contributed by atoms with van der Waals surface area (Å²) < 4.78 is 0. The van der Waals surface area contributed by atoms with Gasteiger partial charge in [0.05, 0.1) is 5.56 Å². The molecule has 1 atom stereocenters. The highest BCUT2D eigenvalue weighted by molar-refractivity contribution is 5.94. The molecule has 1 saturated heterocycles. The first-order valence-corrected chi connectivity index (χ1v) is 8.61. The molecule has 0 radical (unpaired) electrons. The van der Waals surface area contributed by atoms with Crippen molar-refractivity contribution in [2.45, 2.75) is 19.3 Å². The quantitative estimate of drug-likeness (QED) is 0.862. The molecule has 3 amide bonds.